The molecule has 1 aromatic rings. The Morgan fingerprint density at radius 3 is 2.15 bits per heavy atom. The molecule has 0 bridgehead atoms. The fourth-order valence-corrected chi connectivity index (χ4v) is 5.14. The second kappa shape index (κ2) is 7.75. The first kappa shape index (κ1) is 18.8. The number of piperidine rings is 2. The van der Waals surface area contributed by atoms with Crippen molar-refractivity contribution < 1.29 is 23.1 Å². The van der Waals surface area contributed by atoms with Gasteiger partial charge in [-0.05, 0) is 56.4 Å². The first-order valence-electron chi connectivity index (χ1n) is 9.05. The third kappa shape index (κ3) is 3.76. The summed E-state index contributed by atoms with van der Waals surface area (Å²) in [5.41, 5.74) is 0.316. The minimum Gasteiger partial charge on any atom is -0.480 e. The van der Waals surface area contributed by atoms with Crippen molar-refractivity contribution in [2.75, 3.05) is 19.6 Å². The van der Waals surface area contributed by atoms with Crippen LogP contribution in [0, 0.1) is 0 Å². The van der Waals surface area contributed by atoms with Crippen molar-refractivity contribution in [2.24, 2.45) is 0 Å². The summed E-state index contributed by atoms with van der Waals surface area (Å²) in [5, 5.41) is 9.32. The first-order valence-corrected chi connectivity index (χ1v) is 10.5. The molecule has 2 aliphatic heterocycles. The van der Waals surface area contributed by atoms with Gasteiger partial charge in [0.2, 0.25) is 10.0 Å². The molecule has 26 heavy (non-hydrogen) atoms. The summed E-state index contributed by atoms with van der Waals surface area (Å²) in [7, 11) is -3.54. The maximum atomic E-state index is 12.7. The van der Waals surface area contributed by atoms with Gasteiger partial charge in [0.05, 0.1) is 4.90 Å². The topological polar surface area (TPSA) is 95.0 Å². The molecule has 0 saturated carbocycles. The summed E-state index contributed by atoms with van der Waals surface area (Å²) in [5.74, 6) is -1.36. The molecule has 2 saturated heterocycles. The molecule has 8 heteroatoms. The molecule has 0 aromatic heterocycles. The zero-order valence-corrected chi connectivity index (χ0v) is 15.5. The van der Waals surface area contributed by atoms with Crippen molar-refractivity contribution in [3.05, 3.63) is 29.8 Å². The summed E-state index contributed by atoms with van der Waals surface area (Å²) in [4.78, 5) is 25.6. The van der Waals surface area contributed by atoms with E-state index >= 15 is 0 Å². The Kier molecular flexibility index (Phi) is 5.62. The van der Waals surface area contributed by atoms with Crippen LogP contribution in [0.25, 0.3) is 0 Å². The van der Waals surface area contributed by atoms with Gasteiger partial charge < -0.3 is 10.0 Å². The summed E-state index contributed by atoms with van der Waals surface area (Å²) < 4.78 is 26.8. The van der Waals surface area contributed by atoms with Crippen LogP contribution in [0.5, 0.6) is 0 Å². The predicted octanol–water partition coefficient (Wildman–Crippen LogP) is 1.94. The molecule has 2 heterocycles. The number of likely N-dealkylation sites (tertiary alicyclic amines) is 1. The Bertz CT molecular complexity index is 769. The molecule has 0 aliphatic carbocycles. The van der Waals surface area contributed by atoms with Gasteiger partial charge >= 0.3 is 5.97 Å². The van der Waals surface area contributed by atoms with Crippen LogP contribution in [0.2, 0.25) is 0 Å². The van der Waals surface area contributed by atoms with Gasteiger partial charge in [-0.15, -0.1) is 0 Å². The smallest absolute Gasteiger partial charge is 0.326 e. The number of aliphatic carboxylic acids is 1. The summed E-state index contributed by atoms with van der Waals surface area (Å²) >= 11 is 0. The van der Waals surface area contributed by atoms with Crippen molar-refractivity contribution in [1.82, 2.24) is 9.21 Å². The minimum atomic E-state index is -3.54. The normalized spacial score (nSPS) is 22.2. The lowest BCUT2D eigenvalue weighted by molar-refractivity contribution is -0.143. The number of carboxylic acid groups (broad SMARTS) is 1. The van der Waals surface area contributed by atoms with Gasteiger partial charge in [-0.2, -0.15) is 4.31 Å². The highest BCUT2D eigenvalue weighted by molar-refractivity contribution is 7.89. The van der Waals surface area contributed by atoms with E-state index in [0.29, 0.717) is 31.6 Å². The second-order valence-electron chi connectivity index (χ2n) is 6.84. The molecule has 0 radical (unpaired) electrons. The molecular weight excluding hydrogens is 356 g/mol. The molecule has 3 rings (SSSR count). The van der Waals surface area contributed by atoms with Crippen LogP contribution < -0.4 is 0 Å². The molecule has 7 nitrogen and oxygen atoms in total. The van der Waals surface area contributed by atoms with E-state index in [0.717, 1.165) is 32.1 Å². The van der Waals surface area contributed by atoms with E-state index in [1.165, 1.54) is 33.5 Å². The molecule has 1 unspecified atom stereocenters. The van der Waals surface area contributed by atoms with E-state index in [2.05, 4.69) is 0 Å². The van der Waals surface area contributed by atoms with Crippen LogP contribution in [-0.2, 0) is 14.8 Å². The Labute approximate surface area is 153 Å². The highest BCUT2D eigenvalue weighted by atomic mass is 32.2. The number of carbonyl (C=O) groups excluding carboxylic acids is 1. The van der Waals surface area contributed by atoms with E-state index in [4.69, 9.17) is 0 Å². The Balaban J connectivity index is 1.78. The SMILES string of the molecule is O=C(O)C1CCCCN1C(=O)c1ccc(S(=O)(=O)N2CCCCC2)cc1. The van der Waals surface area contributed by atoms with Gasteiger partial charge in [0.1, 0.15) is 6.04 Å². The lowest BCUT2D eigenvalue weighted by atomic mass is 10.0. The van der Waals surface area contributed by atoms with Gasteiger partial charge in [0, 0.05) is 25.2 Å². The molecule has 1 atom stereocenters. The number of amides is 1. The van der Waals surface area contributed by atoms with Crippen molar-refractivity contribution in [3.63, 3.8) is 0 Å². The summed E-state index contributed by atoms with van der Waals surface area (Å²) in [6.45, 7) is 1.46. The zero-order chi connectivity index (χ0) is 18.7. The van der Waals surface area contributed by atoms with E-state index in [9.17, 15) is 23.1 Å². The van der Waals surface area contributed by atoms with Crippen LogP contribution in [-0.4, -0.2) is 60.3 Å². The molecular formula is C18H24N2O5S. The van der Waals surface area contributed by atoms with Crippen LogP contribution >= 0.6 is 0 Å². The molecule has 2 fully saturated rings. The van der Waals surface area contributed by atoms with Gasteiger partial charge in [0.15, 0.2) is 0 Å². The van der Waals surface area contributed by atoms with Crippen LogP contribution in [0.15, 0.2) is 29.2 Å². The predicted molar refractivity (Wildman–Crippen MR) is 95.4 cm³/mol. The number of carbonyl (C=O) groups is 2. The minimum absolute atomic E-state index is 0.171. The van der Waals surface area contributed by atoms with Gasteiger partial charge in [-0.3, -0.25) is 4.79 Å². The van der Waals surface area contributed by atoms with E-state index in [1.54, 1.807) is 0 Å². The Morgan fingerprint density at radius 2 is 1.54 bits per heavy atom. The number of rotatable bonds is 4. The molecule has 1 N–H and O–H groups in total. The molecule has 1 aromatic carbocycles. The van der Waals surface area contributed by atoms with Crippen LogP contribution in [0.1, 0.15) is 48.9 Å². The lowest BCUT2D eigenvalue weighted by Crippen LogP contribution is -2.48. The van der Waals surface area contributed by atoms with E-state index in [1.807, 2.05) is 0 Å². The summed E-state index contributed by atoms with van der Waals surface area (Å²) in [6.07, 6.45) is 4.77. The fourth-order valence-electron chi connectivity index (χ4n) is 3.62. The quantitative estimate of drug-likeness (QED) is 0.861. The number of hydrogen-bond donors (Lipinski definition) is 1. The van der Waals surface area contributed by atoms with Crippen molar-refractivity contribution >= 4 is 21.9 Å². The fraction of sp³-hybridized carbons (Fsp3) is 0.556. The van der Waals surface area contributed by atoms with Gasteiger partial charge in [0.25, 0.3) is 5.91 Å². The number of carboxylic acids is 1. The zero-order valence-electron chi connectivity index (χ0n) is 14.6. The van der Waals surface area contributed by atoms with Crippen molar-refractivity contribution in [2.45, 2.75) is 49.5 Å². The monoisotopic (exact) mass is 380 g/mol. The number of benzene rings is 1. The average Bonchev–Trinajstić information content (AvgIpc) is 2.68. The van der Waals surface area contributed by atoms with E-state index < -0.39 is 22.0 Å². The van der Waals surface area contributed by atoms with E-state index in [-0.39, 0.29) is 10.8 Å². The van der Waals surface area contributed by atoms with Crippen LogP contribution in [0.3, 0.4) is 0 Å². The number of sulfonamides is 1. The number of hydrogen-bond acceptors (Lipinski definition) is 4. The molecule has 1 amide bonds. The van der Waals surface area contributed by atoms with Gasteiger partial charge in [-0.25, -0.2) is 13.2 Å². The second-order valence-corrected chi connectivity index (χ2v) is 8.78. The highest BCUT2D eigenvalue weighted by Crippen LogP contribution is 2.23. The molecule has 0 spiro atoms. The maximum absolute atomic E-state index is 12.7. The lowest BCUT2D eigenvalue weighted by Gasteiger charge is -2.33. The number of nitrogens with zero attached hydrogens (tertiary/aromatic N) is 2. The maximum Gasteiger partial charge on any atom is 0.326 e. The third-order valence-corrected chi connectivity index (χ3v) is 7.02. The van der Waals surface area contributed by atoms with Crippen molar-refractivity contribution in [1.29, 1.82) is 0 Å². The third-order valence-electron chi connectivity index (χ3n) is 5.10. The Morgan fingerprint density at radius 1 is 0.923 bits per heavy atom. The van der Waals surface area contributed by atoms with Crippen molar-refractivity contribution in [3.8, 4) is 0 Å². The molecule has 142 valence electrons. The summed E-state index contributed by atoms with van der Waals surface area (Å²) in [6, 6.07) is 5.03. The average molecular weight is 380 g/mol. The highest BCUT2D eigenvalue weighted by Gasteiger charge is 2.33. The van der Waals surface area contributed by atoms with Crippen LogP contribution in [0.4, 0.5) is 0 Å². The standard InChI is InChI=1S/C18H24N2O5S/c21-17(20-13-5-2-6-16(20)18(22)23)14-7-9-15(10-8-14)26(24,25)19-11-3-1-4-12-19/h7-10,16H,1-6,11-13H2,(H,22,23). The molecule has 2 aliphatic rings. The van der Waals surface area contributed by atoms with Gasteiger partial charge in [-0.1, -0.05) is 6.42 Å². The largest absolute Gasteiger partial charge is 0.480 e. The Hall–Kier alpha value is -1.93. The first-order chi connectivity index (χ1) is 12.4.